The van der Waals surface area contributed by atoms with Gasteiger partial charge in [-0.3, -0.25) is 0 Å². The van der Waals surface area contributed by atoms with Gasteiger partial charge in [0.1, 0.15) is 4.90 Å². The van der Waals surface area contributed by atoms with Crippen LogP contribution in [-0.4, -0.2) is 33.1 Å². The summed E-state index contributed by atoms with van der Waals surface area (Å²) in [6.45, 7) is 2.38. The Hall–Kier alpha value is -1.60. The molecule has 0 atom stereocenters. The number of carboxylic acids is 1. The van der Waals surface area contributed by atoms with Crippen molar-refractivity contribution in [3.63, 3.8) is 0 Å². The van der Waals surface area contributed by atoms with Gasteiger partial charge >= 0.3 is 5.97 Å². The molecule has 0 aliphatic carbocycles. The van der Waals surface area contributed by atoms with Gasteiger partial charge in [0.05, 0.1) is 11.3 Å². The zero-order chi connectivity index (χ0) is 15.2. The first-order valence-electron chi connectivity index (χ1n) is 6.47. The number of hydrogen-bond acceptors (Lipinski definition) is 4. The smallest absolute Gasteiger partial charge is 0.335 e. The van der Waals surface area contributed by atoms with E-state index < -0.39 is 16.0 Å². The molecular formula is C13H20N2O4S. The second-order valence-electron chi connectivity index (χ2n) is 4.37. The van der Waals surface area contributed by atoms with E-state index in [1.165, 1.54) is 12.1 Å². The number of unbranched alkanes of at least 4 members (excludes halogenated alkanes) is 2. The Morgan fingerprint density at radius 2 is 2.00 bits per heavy atom. The minimum absolute atomic E-state index is 0.0450. The Labute approximate surface area is 119 Å². The molecule has 0 saturated carbocycles. The molecule has 0 saturated heterocycles. The van der Waals surface area contributed by atoms with E-state index in [0.29, 0.717) is 12.2 Å². The van der Waals surface area contributed by atoms with Gasteiger partial charge in [0, 0.05) is 13.6 Å². The van der Waals surface area contributed by atoms with Crippen LogP contribution in [0.3, 0.4) is 0 Å². The maximum atomic E-state index is 12.2. The highest BCUT2D eigenvalue weighted by Gasteiger charge is 2.19. The summed E-state index contributed by atoms with van der Waals surface area (Å²) in [6, 6.07) is 3.98. The number of hydrogen-bond donors (Lipinski definition) is 3. The fraction of sp³-hybridized carbons (Fsp3) is 0.462. The number of nitrogens with one attached hydrogen (secondary N) is 2. The number of anilines is 1. The van der Waals surface area contributed by atoms with E-state index in [1.807, 2.05) is 6.92 Å². The first kappa shape index (κ1) is 16.5. The minimum atomic E-state index is -3.72. The molecule has 0 spiro atoms. The number of rotatable bonds is 8. The summed E-state index contributed by atoms with van der Waals surface area (Å²) in [7, 11) is -2.13. The third-order valence-electron chi connectivity index (χ3n) is 2.86. The van der Waals surface area contributed by atoms with E-state index in [4.69, 9.17) is 5.11 Å². The molecule has 0 aliphatic rings. The van der Waals surface area contributed by atoms with Gasteiger partial charge in [-0.25, -0.2) is 17.9 Å². The van der Waals surface area contributed by atoms with Gasteiger partial charge in [0.2, 0.25) is 10.0 Å². The average Bonchev–Trinajstić information content (AvgIpc) is 2.42. The molecule has 1 aromatic rings. The maximum absolute atomic E-state index is 12.2. The van der Waals surface area contributed by atoms with Crippen molar-refractivity contribution in [3.8, 4) is 0 Å². The molecule has 0 aliphatic heterocycles. The van der Waals surface area contributed by atoms with Crippen LogP contribution in [0.15, 0.2) is 23.1 Å². The Morgan fingerprint density at radius 1 is 1.30 bits per heavy atom. The van der Waals surface area contributed by atoms with Gasteiger partial charge in [-0.1, -0.05) is 19.8 Å². The monoisotopic (exact) mass is 300 g/mol. The average molecular weight is 300 g/mol. The highest BCUT2D eigenvalue weighted by Crippen LogP contribution is 2.22. The third kappa shape index (κ3) is 4.21. The van der Waals surface area contributed by atoms with Crippen molar-refractivity contribution >= 4 is 21.7 Å². The number of carboxylic acid groups (broad SMARTS) is 1. The third-order valence-corrected chi connectivity index (χ3v) is 4.36. The molecule has 112 valence electrons. The van der Waals surface area contributed by atoms with E-state index in [0.717, 1.165) is 25.3 Å². The second-order valence-corrected chi connectivity index (χ2v) is 6.11. The molecule has 20 heavy (non-hydrogen) atoms. The number of sulfonamides is 1. The summed E-state index contributed by atoms with van der Waals surface area (Å²) in [5.41, 5.74) is 0.316. The van der Waals surface area contributed by atoms with Gasteiger partial charge in [0.25, 0.3) is 0 Å². The van der Waals surface area contributed by atoms with Gasteiger partial charge in [-0.2, -0.15) is 0 Å². The molecule has 0 fully saturated rings. The van der Waals surface area contributed by atoms with Crippen LogP contribution in [-0.2, 0) is 10.0 Å². The molecule has 7 heteroatoms. The van der Waals surface area contributed by atoms with Gasteiger partial charge < -0.3 is 10.4 Å². The predicted molar refractivity (Wildman–Crippen MR) is 77.7 cm³/mol. The van der Waals surface area contributed by atoms with E-state index in [9.17, 15) is 13.2 Å². The molecule has 0 heterocycles. The van der Waals surface area contributed by atoms with Crippen LogP contribution in [0.2, 0.25) is 0 Å². The zero-order valence-electron chi connectivity index (χ0n) is 11.6. The van der Waals surface area contributed by atoms with Gasteiger partial charge in [-0.15, -0.1) is 0 Å². The van der Waals surface area contributed by atoms with E-state index >= 15 is 0 Å². The van der Waals surface area contributed by atoms with Crippen molar-refractivity contribution in [2.45, 2.75) is 31.1 Å². The van der Waals surface area contributed by atoms with E-state index in [-0.39, 0.29) is 10.5 Å². The Balaban J connectivity index is 3.02. The lowest BCUT2D eigenvalue weighted by Gasteiger charge is -2.12. The predicted octanol–water partition coefficient (Wildman–Crippen LogP) is 1.90. The van der Waals surface area contributed by atoms with Crippen molar-refractivity contribution in [1.82, 2.24) is 4.72 Å². The highest BCUT2D eigenvalue weighted by molar-refractivity contribution is 7.89. The van der Waals surface area contributed by atoms with E-state index in [1.54, 1.807) is 7.05 Å². The zero-order valence-corrected chi connectivity index (χ0v) is 12.5. The summed E-state index contributed by atoms with van der Waals surface area (Å²) in [6.07, 6.45) is 2.69. The topological polar surface area (TPSA) is 95.5 Å². The first-order valence-corrected chi connectivity index (χ1v) is 7.95. The molecule has 0 amide bonds. The summed E-state index contributed by atoms with van der Waals surface area (Å²) >= 11 is 0. The molecule has 0 unspecified atom stereocenters. The van der Waals surface area contributed by atoms with E-state index in [2.05, 4.69) is 10.0 Å². The Kier molecular flexibility index (Phi) is 5.97. The summed E-state index contributed by atoms with van der Waals surface area (Å²) < 4.78 is 26.9. The molecule has 0 bridgehead atoms. The van der Waals surface area contributed by atoms with Crippen LogP contribution in [0.1, 0.15) is 36.5 Å². The molecule has 0 aromatic heterocycles. The molecule has 3 N–H and O–H groups in total. The van der Waals surface area contributed by atoms with Crippen molar-refractivity contribution in [1.29, 1.82) is 0 Å². The van der Waals surface area contributed by atoms with Crippen LogP contribution in [0, 0.1) is 0 Å². The van der Waals surface area contributed by atoms with Crippen molar-refractivity contribution in [2.75, 3.05) is 18.9 Å². The molecule has 6 nitrogen and oxygen atoms in total. The lowest BCUT2D eigenvalue weighted by atomic mass is 10.2. The summed E-state index contributed by atoms with van der Waals surface area (Å²) in [4.78, 5) is 10.9. The highest BCUT2D eigenvalue weighted by atomic mass is 32.2. The van der Waals surface area contributed by atoms with Crippen LogP contribution in [0.4, 0.5) is 5.69 Å². The normalized spacial score (nSPS) is 11.3. The quantitative estimate of drug-likeness (QED) is 0.637. The SMILES string of the molecule is CCCCCNS(=O)(=O)c1cc(C(=O)O)ccc1NC. The van der Waals surface area contributed by atoms with Gasteiger partial charge in [0.15, 0.2) is 0 Å². The summed E-state index contributed by atoms with van der Waals surface area (Å²) in [5, 5.41) is 11.7. The van der Waals surface area contributed by atoms with Gasteiger partial charge in [-0.05, 0) is 24.6 Å². The van der Waals surface area contributed by atoms with Crippen LogP contribution < -0.4 is 10.0 Å². The molecular weight excluding hydrogens is 280 g/mol. The lowest BCUT2D eigenvalue weighted by Crippen LogP contribution is -2.25. The fourth-order valence-corrected chi connectivity index (χ4v) is 3.05. The van der Waals surface area contributed by atoms with Crippen molar-refractivity contribution in [2.24, 2.45) is 0 Å². The number of carbonyl (C=O) groups is 1. The maximum Gasteiger partial charge on any atom is 0.335 e. The molecule has 0 radical (unpaired) electrons. The second kappa shape index (κ2) is 7.25. The standard InChI is InChI=1S/C13H20N2O4S/c1-3-4-5-8-15-20(18,19)12-9-10(13(16)17)6-7-11(12)14-2/h6-7,9,14-15H,3-5,8H2,1-2H3,(H,16,17). The molecule has 1 rings (SSSR count). The lowest BCUT2D eigenvalue weighted by molar-refractivity contribution is 0.0696. The summed E-state index contributed by atoms with van der Waals surface area (Å²) in [5.74, 6) is -1.16. The van der Waals surface area contributed by atoms with Crippen molar-refractivity contribution < 1.29 is 18.3 Å². The van der Waals surface area contributed by atoms with Crippen LogP contribution in [0.5, 0.6) is 0 Å². The van der Waals surface area contributed by atoms with Crippen molar-refractivity contribution in [3.05, 3.63) is 23.8 Å². The number of aromatic carboxylic acids is 1. The largest absolute Gasteiger partial charge is 0.478 e. The Bertz CT molecular complexity index is 570. The number of benzene rings is 1. The molecule has 1 aromatic carbocycles. The van der Waals surface area contributed by atoms with Crippen LogP contribution in [0.25, 0.3) is 0 Å². The Morgan fingerprint density at radius 3 is 2.55 bits per heavy atom. The van der Waals surface area contributed by atoms with Crippen LogP contribution >= 0.6 is 0 Å². The first-order chi connectivity index (χ1) is 9.42. The fourth-order valence-electron chi connectivity index (χ4n) is 1.74. The minimum Gasteiger partial charge on any atom is -0.478 e.